The van der Waals surface area contributed by atoms with E-state index in [0.717, 1.165) is 77.4 Å². The number of hydrogen-bond donors (Lipinski definition) is 1. The number of methoxy groups -OCH3 is 1. The molecule has 2 saturated heterocycles. The predicted molar refractivity (Wildman–Crippen MR) is 137 cm³/mol. The van der Waals surface area contributed by atoms with Crippen molar-refractivity contribution in [3.05, 3.63) is 52.2 Å². The van der Waals surface area contributed by atoms with E-state index in [1.54, 1.807) is 18.4 Å². The SMILES string of the molecule is COc1ccccc1CN1CCN(C(=O)[C@H](N)C2CCN(CCc3ccsc3)CC2)CC1.Cl. The van der Waals surface area contributed by atoms with Gasteiger partial charge in [0.2, 0.25) is 5.91 Å². The number of carbonyl (C=O) groups excluding carboxylic acids is 1. The van der Waals surface area contributed by atoms with Gasteiger partial charge in [-0.25, -0.2) is 0 Å². The third kappa shape index (κ3) is 6.93. The molecule has 0 saturated carbocycles. The number of amides is 1. The van der Waals surface area contributed by atoms with Crippen LogP contribution in [0.1, 0.15) is 24.0 Å². The van der Waals surface area contributed by atoms with Crippen molar-refractivity contribution in [2.24, 2.45) is 11.7 Å². The lowest BCUT2D eigenvalue weighted by Crippen LogP contribution is -2.55. The molecule has 1 aromatic carbocycles. The van der Waals surface area contributed by atoms with Crippen molar-refractivity contribution >= 4 is 29.7 Å². The predicted octanol–water partition coefficient (Wildman–Crippen LogP) is 3.10. The topological polar surface area (TPSA) is 62.0 Å². The Kier molecular flexibility index (Phi) is 10.0. The van der Waals surface area contributed by atoms with E-state index >= 15 is 0 Å². The maximum atomic E-state index is 13.1. The lowest BCUT2D eigenvalue weighted by Gasteiger charge is -2.39. The Labute approximate surface area is 208 Å². The van der Waals surface area contributed by atoms with E-state index in [4.69, 9.17) is 10.5 Å². The van der Waals surface area contributed by atoms with Crippen LogP contribution in [-0.2, 0) is 17.8 Å². The molecule has 2 aromatic rings. The molecular weight excluding hydrogens is 456 g/mol. The summed E-state index contributed by atoms with van der Waals surface area (Å²) in [5.41, 5.74) is 9.09. The normalized spacial score (nSPS) is 19.2. The molecule has 8 heteroatoms. The molecular formula is C25H37ClN4O2S. The minimum atomic E-state index is -0.366. The first kappa shape index (κ1) is 26.0. The van der Waals surface area contributed by atoms with Crippen molar-refractivity contribution < 1.29 is 9.53 Å². The second kappa shape index (κ2) is 12.7. The highest BCUT2D eigenvalue weighted by Gasteiger charge is 2.32. The molecule has 0 radical (unpaired) electrons. The van der Waals surface area contributed by atoms with Gasteiger partial charge >= 0.3 is 0 Å². The van der Waals surface area contributed by atoms with Gasteiger partial charge < -0.3 is 20.3 Å². The minimum Gasteiger partial charge on any atom is -0.496 e. The third-order valence-electron chi connectivity index (χ3n) is 6.99. The minimum absolute atomic E-state index is 0. The highest BCUT2D eigenvalue weighted by molar-refractivity contribution is 7.07. The van der Waals surface area contributed by atoms with Crippen LogP contribution in [0.4, 0.5) is 0 Å². The lowest BCUT2D eigenvalue weighted by molar-refractivity contribution is -0.136. The summed E-state index contributed by atoms with van der Waals surface area (Å²) in [4.78, 5) is 20.0. The van der Waals surface area contributed by atoms with E-state index in [1.165, 1.54) is 11.1 Å². The quantitative estimate of drug-likeness (QED) is 0.613. The molecule has 0 unspecified atom stereocenters. The van der Waals surface area contributed by atoms with Crippen LogP contribution in [0.2, 0.25) is 0 Å². The average molecular weight is 493 g/mol. The van der Waals surface area contributed by atoms with Gasteiger partial charge in [-0.15, -0.1) is 12.4 Å². The molecule has 0 aliphatic carbocycles. The van der Waals surface area contributed by atoms with Gasteiger partial charge in [0, 0.05) is 44.8 Å². The fourth-order valence-electron chi connectivity index (χ4n) is 4.87. The molecule has 182 valence electrons. The molecule has 0 bridgehead atoms. The highest BCUT2D eigenvalue weighted by Crippen LogP contribution is 2.23. The van der Waals surface area contributed by atoms with Crippen molar-refractivity contribution in [3.63, 3.8) is 0 Å². The van der Waals surface area contributed by atoms with Crippen LogP contribution in [0.15, 0.2) is 41.1 Å². The Balaban J connectivity index is 0.00000306. The number of piperidine rings is 1. The number of ether oxygens (including phenoxy) is 1. The summed E-state index contributed by atoms with van der Waals surface area (Å²) in [6.45, 7) is 7.28. The number of piperazine rings is 1. The van der Waals surface area contributed by atoms with Crippen LogP contribution in [-0.4, -0.2) is 79.6 Å². The van der Waals surface area contributed by atoms with Gasteiger partial charge in [0.15, 0.2) is 0 Å². The molecule has 2 fully saturated rings. The zero-order valence-electron chi connectivity index (χ0n) is 19.5. The second-order valence-corrected chi connectivity index (χ2v) is 9.78. The number of nitrogens with two attached hydrogens (primary N) is 1. The first-order valence-electron chi connectivity index (χ1n) is 11.8. The number of nitrogens with zero attached hydrogens (tertiary/aromatic N) is 3. The van der Waals surface area contributed by atoms with Gasteiger partial charge in [0.05, 0.1) is 13.2 Å². The molecule has 3 heterocycles. The fourth-order valence-corrected chi connectivity index (χ4v) is 5.57. The Bertz CT molecular complexity index is 850. The molecule has 6 nitrogen and oxygen atoms in total. The summed E-state index contributed by atoms with van der Waals surface area (Å²) in [5, 5.41) is 4.38. The molecule has 4 rings (SSSR count). The van der Waals surface area contributed by atoms with E-state index in [0.29, 0.717) is 5.92 Å². The number of halogens is 1. The summed E-state index contributed by atoms with van der Waals surface area (Å²) < 4.78 is 5.48. The summed E-state index contributed by atoms with van der Waals surface area (Å²) in [6, 6.07) is 10.00. The van der Waals surface area contributed by atoms with Crippen molar-refractivity contribution in [2.75, 3.05) is 52.9 Å². The summed E-state index contributed by atoms with van der Waals surface area (Å²) in [7, 11) is 1.71. The number of thiophene rings is 1. The van der Waals surface area contributed by atoms with E-state index in [1.807, 2.05) is 23.1 Å². The Morgan fingerprint density at radius 2 is 1.82 bits per heavy atom. The fraction of sp³-hybridized carbons (Fsp3) is 0.560. The molecule has 1 atom stereocenters. The first-order valence-corrected chi connectivity index (χ1v) is 12.7. The average Bonchev–Trinajstić information content (AvgIpc) is 3.37. The van der Waals surface area contributed by atoms with Crippen LogP contribution >= 0.6 is 23.7 Å². The maximum Gasteiger partial charge on any atom is 0.239 e. The van der Waals surface area contributed by atoms with Gasteiger partial charge in [-0.1, -0.05) is 18.2 Å². The summed E-state index contributed by atoms with van der Waals surface area (Å²) in [5.74, 6) is 1.36. The summed E-state index contributed by atoms with van der Waals surface area (Å²) in [6.07, 6.45) is 3.15. The molecule has 33 heavy (non-hydrogen) atoms. The molecule has 2 N–H and O–H groups in total. The number of hydrogen-bond acceptors (Lipinski definition) is 6. The van der Waals surface area contributed by atoms with Gasteiger partial charge in [0.1, 0.15) is 5.75 Å². The number of rotatable bonds is 8. The van der Waals surface area contributed by atoms with Crippen LogP contribution in [0.5, 0.6) is 5.75 Å². The van der Waals surface area contributed by atoms with Crippen LogP contribution in [0.25, 0.3) is 0 Å². The van der Waals surface area contributed by atoms with Crippen molar-refractivity contribution in [1.82, 2.24) is 14.7 Å². The Morgan fingerprint density at radius 1 is 1.09 bits per heavy atom. The monoisotopic (exact) mass is 492 g/mol. The second-order valence-electron chi connectivity index (χ2n) is 9.00. The standard InChI is InChI=1S/C25H36N4O2S.ClH/c1-31-23-5-3-2-4-22(23)18-28-13-15-29(16-14-28)25(30)24(26)21-7-11-27(12-8-21)10-6-20-9-17-32-19-20;/h2-5,9,17,19,21,24H,6-8,10-16,18,26H2,1H3;1H/t24-;/m1./s1. The smallest absolute Gasteiger partial charge is 0.239 e. The number of para-hydroxylation sites is 1. The zero-order valence-corrected chi connectivity index (χ0v) is 21.2. The lowest BCUT2D eigenvalue weighted by atomic mass is 9.89. The number of benzene rings is 1. The van der Waals surface area contributed by atoms with E-state index in [9.17, 15) is 4.79 Å². The van der Waals surface area contributed by atoms with Gasteiger partial charge in [-0.05, 0) is 66.7 Å². The van der Waals surface area contributed by atoms with Crippen LogP contribution in [0.3, 0.4) is 0 Å². The Hall–Kier alpha value is -1.64. The maximum absolute atomic E-state index is 13.1. The highest BCUT2D eigenvalue weighted by atomic mass is 35.5. The summed E-state index contributed by atoms with van der Waals surface area (Å²) >= 11 is 1.76. The van der Waals surface area contributed by atoms with Gasteiger partial charge in [0.25, 0.3) is 0 Å². The largest absolute Gasteiger partial charge is 0.496 e. The van der Waals surface area contributed by atoms with Crippen LogP contribution < -0.4 is 10.5 Å². The first-order chi connectivity index (χ1) is 15.6. The van der Waals surface area contributed by atoms with E-state index in [2.05, 4.69) is 32.7 Å². The van der Waals surface area contributed by atoms with E-state index in [-0.39, 0.29) is 24.4 Å². The van der Waals surface area contributed by atoms with Crippen LogP contribution in [0, 0.1) is 5.92 Å². The molecule has 2 aliphatic rings. The van der Waals surface area contributed by atoms with Gasteiger partial charge in [-0.2, -0.15) is 11.3 Å². The van der Waals surface area contributed by atoms with E-state index < -0.39 is 0 Å². The number of likely N-dealkylation sites (tertiary alicyclic amines) is 1. The third-order valence-corrected chi connectivity index (χ3v) is 7.72. The molecule has 0 spiro atoms. The van der Waals surface area contributed by atoms with Crippen molar-refractivity contribution in [1.29, 1.82) is 0 Å². The molecule has 1 amide bonds. The Morgan fingerprint density at radius 3 is 2.48 bits per heavy atom. The van der Waals surface area contributed by atoms with Crippen molar-refractivity contribution in [3.8, 4) is 5.75 Å². The van der Waals surface area contributed by atoms with Crippen molar-refractivity contribution in [2.45, 2.75) is 31.8 Å². The molecule has 1 aromatic heterocycles. The van der Waals surface area contributed by atoms with Gasteiger partial charge in [-0.3, -0.25) is 9.69 Å². The molecule has 2 aliphatic heterocycles. The number of carbonyl (C=O) groups is 1. The zero-order chi connectivity index (χ0) is 22.3.